The molecule has 104 valence electrons. The molecule has 4 heteroatoms. The first-order chi connectivity index (χ1) is 10.4. The number of hydrogen-bond donors (Lipinski definition) is 0. The number of rotatable bonds is 4. The van der Waals surface area contributed by atoms with Crippen LogP contribution in [0.5, 0.6) is 5.75 Å². The van der Waals surface area contributed by atoms with Gasteiger partial charge in [-0.05, 0) is 30.4 Å². The standard InChI is InChI=1S/C17H17BN2O/c19-14-18-10-5-11-20(18)16-8-4-9-17(12-16)21-13-15-6-2-1-3-7-15/h1-4,6-9,12H,5,10-11,13H2. The first-order valence-corrected chi connectivity index (χ1v) is 7.30. The van der Waals surface area contributed by atoms with Crippen LogP contribution in [0.4, 0.5) is 5.69 Å². The van der Waals surface area contributed by atoms with E-state index in [4.69, 9.17) is 4.74 Å². The van der Waals surface area contributed by atoms with Gasteiger partial charge in [0.1, 0.15) is 12.4 Å². The Labute approximate surface area is 125 Å². The number of nitriles is 1. The van der Waals surface area contributed by atoms with E-state index in [0.717, 1.165) is 36.3 Å². The predicted octanol–water partition coefficient (Wildman–Crippen LogP) is 3.53. The Bertz CT molecular complexity index is 639. The molecule has 0 spiro atoms. The van der Waals surface area contributed by atoms with Crippen molar-refractivity contribution < 1.29 is 4.74 Å². The first-order valence-electron chi connectivity index (χ1n) is 7.30. The van der Waals surface area contributed by atoms with Gasteiger partial charge in [-0.3, -0.25) is 0 Å². The minimum Gasteiger partial charge on any atom is -0.489 e. The van der Waals surface area contributed by atoms with Crippen molar-refractivity contribution in [1.82, 2.24) is 0 Å². The second-order valence-electron chi connectivity index (χ2n) is 5.25. The van der Waals surface area contributed by atoms with Crippen molar-refractivity contribution in [2.75, 3.05) is 11.4 Å². The molecule has 0 atom stereocenters. The molecule has 21 heavy (non-hydrogen) atoms. The molecule has 0 amide bonds. The number of benzene rings is 2. The van der Waals surface area contributed by atoms with Gasteiger partial charge in [-0.15, -0.1) is 0 Å². The van der Waals surface area contributed by atoms with Crippen LogP contribution in [-0.2, 0) is 6.61 Å². The van der Waals surface area contributed by atoms with E-state index in [-0.39, 0.29) is 6.85 Å². The third-order valence-electron chi connectivity index (χ3n) is 3.80. The van der Waals surface area contributed by atoms with Gasteiger partial charge in [-0.25, -0.2) is 5.26 Å². The highest BCUT2D eigenvalue weighted by Gasteiger charge is 2.29. The molecule has 0 aliphatic carbocycles. The fourth-order valence-corrected chi connectivity index (χ4v) is 2.70. The molecule has 2 aromatic carbocycles. The number of ether oxygens (including phenoxy) is 1. The largest absolute Gasteiger partial charge is 0.489 e. The molecule has 0 bridgehead atoms. The molecule has 1 heterocycles. The molecule has 0 radical (unpaired) electrons. The molecule has 1 aliphatic heterocycles. The van der Waals surface area contributed by atoms with Crippen LogP contribution in [0.15, 0.2) is 54.6 Å². The molecule has 1 saturated heterocycles. The summed E-state index contributed by atoms with van der Waals surface area (Å²) in [5.41, 5.74) is 2.23. The Morgan fingerprint density at radius 3 is 2.81 bits per heavy atom. The number of anilines is 1. The fourth-order valence-electron chi connectivity index (χ4n) is 2.70. The lowest BCUT2D eigenvalue weighted by molar-refractivity contribution is 0.306. The van der Waals surface area contributed by atoms with Gasteiger partial charge in [0.2, 0.25) is 0 Å². The van der Waals surface area contributed by atoms with Crippen molar-refractivity contribution in [3.63, 3.8) is 0 Å². The fraction of sp³-hybridized carbons (Fsp3) is 0.235. The SMILES string of the molecule is N#CB1CCCN1c1cccc(OCc2ccccc2)c1. The van der Waals surface area contributed by atoms with Crippen LogP contribution in [0, 0.1) is 11.2 Å². The normalized spacial score (nSPS) is 14.0. The maximum atomic E-state index is 9.20. The van der Waals surface area contributed by atoms with Gasteiger partial charge in [0.15, 0.2) is 0 Å². The molecule has 2 aromatic rings. The number of nitrogens with zero attached hydrogens (tertiary/aromatic N) is 2. The highest BCUT2D eigenvalue weighted by molar-refractivity contribution is 6.71. The number of hydrogen-bond acceptors (Lipinski definition) is 3. The van der Waals surface area contributed by atoms with E-state index in [0.29, 0.717) is 6.61 Å². The van der Waals surface area contributed by atoms with Crippen LogP contribution < -0.4 is 9.55 Å². The van der Waals surface area contributed by atoms with Crippen LogP contribution in [0.3, 0.4) is 0 Å². The molecular weight excluding hydrogens is 259 g/mol. The van der Waals surface area contributed by atoms with Crippen LogP contribution in [0.1, 0.15) is 12.0 Å². The van der Waals surface area contributed by atoms with Gasteiger partial charge in [0.25, 0.3) is 0 Å². The Hall–Kier alpha value is -2.41. The Morgan fingerprint density at radius 1 is 1.14 bits per heavy atom. The Kier molecular flexibility index (Phi) is 4.11. The summed E-state index contributed by atoms with van der Waals surface area (Å²) in [6, 6.07) is 18.1. The molecule has 0 saturated carbocycles. The average Bonchev–Trinajstić information content (AvgIpc) is 3.03. The van der Waals surface area contributed by atoms with Gasteiger partial charge < -0.3 is 9.55 Å². The maximum Gasteiger partial charge on any atom is 0.378 e. The van der Waals surface area contributed by atoms with Crippen molar-refractivity contribution in [3.8, 4) is 11.7 Å². The molecule has 0 unspecified atom stereocenters. The van der Waals surface area contributed by atoms with Crippen LogP contribution in [0.2, 0.25) is 6.32 Å². The van der Waals surface area contributed by atoms with E-state index in [1.54, 1.807) is 0 Å². The highest BCUT2D eigenvalue weighted by Crippen LogP contribution is 2.27. The summed E-state index contributed by atoms with van der Waals surface area (Å²) in [5.74, 6) is 3.22. The first kappa shape index (κ1) is 13.6. The highest BCUT2D eigenvalue weighted by atomic mass is 16.5. The van der Waals surface area contributed by atoms with E-state index in [1.165, 1.54) is 0 Å². The Balaban J connectivity index is 1.70. The van der Waals surface area contributed by atoms with E-state index in [2.05, 4.69) is 22.9 Å². The molecule has 3 rings (SSSR count). The van der Waals surface area contributed by atoms with Crippen molar-refractivity contribution in [2.24, 2.45) is 0 Å². The minimum atomic E-state index is -0.00521. The van der Waals surface area contributed by atoms with Gasteiger partial charge >= 0.3 is 6.85 Å². The third-order valence-corrected chi connectivity index (χ3v) is 3.80. The van der Waals surface area contributed by atoms with Crippen LogP contribution in [-0.4, -0.2) is 13.4 Å². The van der Waals surface area contributed by atoms with Crippen molar-refractivity contribution >= 4 is 12.5 Å². The zero-order valence-corrected chi connectivity index (χ0v) is 11.9. The summed E-state index contributed by atoms with van der Waals surface area (Å²) in [6.07, 6.45) is 2.03. The van der Waals surface area contributed by atoms with Gasteiger partial charge in [0, 0.05) is 24.3 Å². The average molecular weight is 276 g/mol. The summed E-state index contributed by atoms with van der Waals surface area (Å²) in [7, 11) is 0. The lowest BCUT2D eigenvalue weighted by Gasteiger charge is -2.21. The lowest BCUT2D eigenvalue weighted by Crippen LogP contribution is -2.32. The van der Waals surface area contributed by atoms with E-state index in [9.17, 15) is 5.26 Å². The Morgan fingerprint density at radius 2 is 2.00 bits per heavy atom. The smallest absolute Gasteiger partial charge is 0.378 e. The van der Waals surface area contributed by atoms with E-state index in [1.807, 2.05) is 42.5 Å². The topological polar surface area (TPSA) is 36.3 Å². The molecule has 1 fully saturated rings. The van der Waals surface area contributed by atoms with E-state index >= 15 is 0 Å². The van der Waals surface area contributed by atoms with Gasteiger partial charge in [-0.2, -0.15) is 0 Å². The summed E-state index contributed by atoms with van der Waals surface area (Å²) in [6.45, 7) is 1.50. The molecular formula is C17H17BN2O. The second kappa shape index (κ2) is 6.36. The van der Waals surface area contributed by atoms with Crippen molar-refractivity contribution in [2.45, 2.75) is 19.3 Å². The minimum absolute atomic E-state index is 0.00521. The molecule has 0 aromatic heterocycles. The van der Waals surface area contributed by atoms with Gasteiger partial charge in [0.05, 0.1) is 0 Å². The monoisotopic (exact) mass is 276 g/mol. The molecule has 1 aliphatic rings. The van der Waals surface area contributed by atoms with E-state index < -0.39 is 0 Å². The van der Waals surface area contributed by atoms with Crippen molar-refractivity contribution in [3.05, 3.63) is 60.2 Å². The molecule has 0 N–H and O–H groups in total. The second-order valence-corrected chi connectivity index (χ2v) is 5.25. The summed E-state index contributed by atoms with van der Waals surface area (Å²) in [4.78, 5) is 2.16. The van der Waals surface area contributed by atoms with Gasteiger partial charge in [-0.1, -0.05) is 36.4 Å². The third kappa shape index (κ3) is 3.20. The van der Waals surface area contributed by atoms with Crippen LogP contribution in [0.25, 0.3) is 0 Å². The maximum absolute atomic E-state index is 9.20. The quantitative estimate of drug-likeness (QED) is 0.801. The predicted molar refractivity (Wildman–Crippen MR) is 85.4 cm³/mol. The molecule has 3 nitrogen and oxygen atoms in total. The summed E-state index contributed by atoms with van der Waals surface area (Å²) >= 11 is 0. The lowest BCUT2D eigenvalue weighted by atomic mass is 9.61. The zero-order chi connectivity index (χ0) is 14.5. The summed E-state index contributed by atoms with van der Waals surface area (Å²) in [5, 5.41) is 9.20. The zero-order valence-electron chi connectivity index (χ0n) is 11.9. The summed E-state index contributed by atoms with van der Waals surface area (Å²) < 4.78 is 5.85. The van der Waals surface area contributed by atoms with Crippen molar-refractivity contribution in [1.29, 1.82) is 5.26 Å². The van der Waals surface area contributed by atoms with Crippen LogP contribution >= 0.6 is 0 Å².